The molecule has 94 valence electrons. The second kappa shape index (κ2) is 4.94. The van der Waals surface area contributed by atoms with Gasteiger partial charge in [-0.2, -0.15) is 5.26 Å². The highest BCUT2D eigenvalue weighted by atomic mass is 16.1. The predicted molar refractivity (Wildman–Crippen MR) is 70.9 cm³/mol. The number of rotatable bonds is 2. The van der Waals surface area contributed by atoms with Crippen LogP contribution in [-0.2, 0) is 4.79 Å². The molecule has 0 saturated heterocycles. The summed E-state index contributed by atoms with van der Waals surface area (Å²) < 4.78 is 0. The van der Waals surface area contributed by atoms with Crippen LogP contribution in [0.2, 0.25) is 0 Å². The molecule has 2 rings (SSSR count). The number of nitrogens with zero attached hydrogens (tertiary/aromatic N) is 1. The Morgan fingerprint density at radius 3 is 2.61 bits per heavy atom. The summed E-state index contributed by atoms with van der Waals surface area (Å²) >= 11 is 0. The molecule has 0 N–H and O–H groups in total. The lowest BCUT2D eigenvalue weighted by atomic mass is 9.62. The second-order valence-corrected chi connectivity index (χ2v) is 5.86. The molecule has 2 atom stereocenters. The third kappa shape index (κ3) is 2.46. The Kier molecular flexibility index (Phi) is 3.52. The van der Waals surface area contributed by atoms with Gasteiger partial charge in [0.05, 0.1) is 12.0 Å². The summed E-state index contributed by atoms with van der Waals surface area (Å²) in [6, 6.07) is 12.3. The SMILES string of the molecule is CC1(C)CCC(=O)CC1C(C#N)c1ccccc1. The first-order valence-electron chi connectivity index (χ1n) is 6.51. The van der Waals surface area contributed by atoms with Gasteiger partial charge in [-0.3, -0.25) is 4.79 Å². The molecule has 0 heterocycles. The largest absolute Gasteiger partial charge is 0.300 e. The van der Waals surface area contributed by atoms with Crippen molar-refractivity contribution in [2.45, 2.75) is 39.0 Å². The van der Waals surface area contributed by atoms with Gasteiger partial charge in [0.25, 0.3) is 0 Å². The molecular weight excluding hydrogens is 222 g/mol. The molecular formula is C16H19NO. The van der Waals surface area contributed by atoms with Gasteiger partial charge in [-0.15, -0.1) is 0 Å². The van der Waals surface area contributed by atoms with Crippen molar-refractivity contribution in [3.63, 3.8) is 0 Å². The number of hydrogen-bond donors (Lipinski definition) is 0. The van der Waals surface area contributed by atoms with Crippen LogP contribution in [0.5, 0.6) is 0 Å². The van der Waals surface area contributed by atoms with E-state index >= 15 is 0 Å². The number of ketones is 1. The molecule has 0 amide bonds. The highest BCUT2D eigenvalue weighted by molar-refractivity contribution is 5.79. The molecule has 1 aliphatic carbocycles. The summed E-state index contributed by atoms with van der Waals surface area (Å²) in [6.07, 6.45) is 2.10. The summed E-state index contributed by atoms with van der Waals surface area (Å²) in [6.45, 7) is 4.36. The fourth-order valence-corrected chi connectivity index (χ4v) is 2.90. The van der Waals surface area contributed by atoms with Crippen molar-refractivity contribution in [1.29, 1.82) is 5.26 Å². The standard InChI is InChI=1S/C16H19NO/c1-16(2)9-8-13(18)10-15(16)14(11-17)12-6-4-3-5-7-12/h3-7,14-15H,8-10H2,1-2H3. The first-order chi connectivity index (χ1) is 8.54. The molecule has 1 saturated carbocycles. The molecule has 0 bridgehead atoms. The van der Waals surface area contributed by atoms with Crippen LogP contribution in [0.25, 0.3) is 0 Å². The maximum atomic E-state index is 11.7. The van der Waals surface area contributed by atoms with Gasteiger partial charge in [0.2, 0.25) is 0 Å². The number of carbonyl (C=O) groups excluding carboxylic acids is 1. The minimum absolute atomic E-state index is 0.0597. The van der Waals surface area contributed by atoms with Crippen molar-refractivity contribution in [3.05, 3.63) is 35.9 Å². The van der Waals surface area contributed by atoms with E-state index in [9.17, 15) is 10.1 Å². The van der Waals surface area contributed by atoms with Crippen LogP contribution in [0.1, 0.15) is 44.6 Å². The molecule has 2 unspecified atom stereocenters. The van der Waals surface area contributed by atoms with Gasteiger partial charge in [-0.25, -0.2) is 0 Å². The van der Waals surface area contributed by atoms with Crippen molar-refractivity contribution in [2.24, 2.45) is 11.3 Å². The smallest absolute Gasteiger partial charge is 0.133 e. The molecule has 0 radical (unpaired) electrons. The Bertz CT molecular complexity index is 470. The Morgan fingerprint density at radius 1 is 1.33 bits per heavy atom. The fourth-order valence-electron chi connectivity index (χ4n) is 2.90. The number of carbonyl (C=O) groups is 1. The van der Waals surface area contributed by atoms with E-state index in [1.807, 2.05) is 30.3 Å². The molecule has 1 aromatic rings. The predicted octanol–water partition coefficient (Wildman–Crippen LogP) is 3.69. The average molecular weight is 241 g/mol. The monoisotopic (exact) mass is 241 g/mol. The fraction of sp³-hybridized carbons (Fsp3) is 0.500. The van der Waals surface area contributed by atoms with Crippen molar-refractivity contribution in [1.82, 2.24) is 0 Å². The Morgan fingerprint density at radius 2 is 2.00 bits per heavy atom. The van der Waals surface area contributed by atoms with E-state index in [0.29, 0.717) is 18.6 Å². The third-order valence-corrected chi connectivity index (χ3v) is 4.20. The van der Waals surface area contributed by atoms with Crippen LogP contribution in [0.4, 0.5) is 0 Å². The Hall–Kier alpha value is -1.62. The molecule has 0 aliphatic heterocycles. The lowest BCUT2D eigenvalue weighted by Gasteiger charge is -2.40. The first kappa shape index (κ1) is 12.8. The molecule has 1 aliphatic rings. The van der Waals surface area contributed by atoms with Crippen LogP contribution in [0, 0.1) is 22.7 Å². The lowest BCUT2D eigenvalue weighted by Crippen LogP contribution is -2.35. The van der Waals surface area contributed by atoms with E-state index in [-0.39, 0.29) is 17.3 Å². The van der Waals surface area contributed by atoms with Gasteiger partial charge in [0.1, 0.15) is 5.78 Å². The van der Waals surface area contributed by atoms with E-state index in [4.69, 9.17) is 0 Å². The molecule has 0 spiro atoms. The van der Waals surface area contributed by atoms with Crippen molar-refractivity contribution < 1.29 is 4.79 Å². The Labute approximate surface area is 109 Å². The second-order valence-electron chi connectivity index (χ2n) is 5.86. The summed E-state index contributed by atoms with van der Waals surface area (Å²) in [5, 5.41) is 9.49. The maximum Gasteiger partial charge on any atom is 0.133 e. The van der Waals surface area contributed by atoms with E-state index in [2.05, 4.69) is 19.9 Å². The topological polar surface area (TPSA) is 40.9 Å². The highest BCUT2D eigenvalue weighted by Gasteiger charge is 2.40. The van der Waals surface area contributed by atoms with Gasteiger partial charge in [0, 0.05) is 12.8 Å². The van der Waals surface area contributed by atoms with Gasteiger partial charge in [-0.05, 0) is 23.3 Å². The van der Waals surface area contributed by atoms with Crippen LogP contribution in [-0.4, -0.2) is 5.78 Å². The number of Topliss-reactive ketones (excluding diaryl/α,β-unsaturated/α-hetero) is 1. The summed E-state index contributed by atoms with van der Waals surface area (Å²) in [5.74, 6) is 0.257. The third-order valence-electron chi connectivity index (χ3n) is 4.20. The average Bonchev–Trinajstić information content (AvgIpc) is 2.36. The van der Waals surface area contributed by atoms with Crippen LogP contribution in [0.3, 0.4) is 0 Å². The van der Waals surface area contributed by atoms with Crippen molar-refractivity contribution in [3.8, 4) is 6.07 Å². The normalized spacial score (nSPS) is 24.3. The first-order valence-corrected chi connectivity index (χ1v) is 6.51. The summed E-state index contributed by atoms with van der Waals surface area (Å²) in [4.78, 5) is 11.7. The van der Waals surface area contributed by atoms with Gasteiger partial charge < -0.3 is 0 Å². The maximum absolute atomic E-state index is 11.7. The van der Waals surface area contributed by atoms with Gasteiger partial charge >= 0.3 is 0 Å². The van der Waals surface area contributed by atoms with Gasteiger partial charge in [0.15, 0.2) is 0 Å². The zero-order valence-electron chi connectivity index (χ0n) is 11.0. The summed E-state index contributed by atoms with van der Waals surface area (Å²) in [7, 11) is 0. The van der Waals surface area contributed by atoms with Gasteiger partial charge in [-0.1, -0.05) is 44.2 Å². The van der Waals surface area contributed by atoms with E-state index in [1.54, 1.807) is 0 Å². The van der Waals surface area contributed by atoms with E-state index in [0.717, 1.165) is 12.0 Å². The van der Waals surface area contributed by atoms with Crippen molar-refractivity contribution >= 4 is 5.78 Å². The molecule has 2 heteroatoms. The molecule has 2 nitrogen and oxygen atoms in total. The number of nitriles is 1. The number of benzene rings is 1. The zero-order chi connectivity index (χ0) is 13.2. The number of hydrogen-bond acceptors (Lipinski definition) is 2. The van der Waals surface area contributed by atoms with E-state index in [1.165, 1.54) is 0 Å². The van der Waals surface area contributed by atoms with Crippen LogP contribution < -0.4 is 0 Å². The minimum atomic E-state index is -0.176. The summed E-state index contributed by atoms with van der Waals surface area (Å²) in [5.41, 5.74) is 1.09. The molecule has 0 aromatic heterocycles. The minimum Gasteiger partial charge on any atom is -0.300 e. The Balaban J connectivity index is 2.32. The van der Waals surface area contributed by atoms with Crippen LogP contribution in [0.15, 0.2) is 30.3 Å². The van der Waals surface area contributed by atoms with Crippen LogP contribution >= 0.6 is 0 Å². The van der Waals surface area contributed by atoms with E-state index < -0.39 is 0 Å². The molecule has 18 heavy (non-hydrogen) atoms. The molecule has 1 aromatic carbocycles. The molecule has 1 fully saturated rings. The zero-order valence-corrected chi connectivity index (χ0v) is 11.0. The lowest BCUT2D eigenvalue weighted by molar-refractivity contribution is -0.124. The van der Waals surface area contributed by atoms with Crippen molar-refractivity contribution in [2.75, 3.05) is 0 Å². The highest BCUT2D eigenvalue weighted by Crippen LogP contribution is 2.46. The quantitative estimate of drug-likeness (QED) is 0.792.